The second kappa shape index (κ2) is 7.54. The molecule has 1 aromatic rings. The molecule has 1 heterocycles. The van der Waals surface area contributed by atoms with Crippen molar-refractivity contribution in [3.05, 3.63) is 29.3 Å². The van der Waals surface area contributed by atoms with E-state index in [0.717, 1.165) is 12.2 Å². The molecule has 0 spiro atoms. The van der Waals surface area contributed by atoms with Crippen LogP contribution < -0.4 is 4.74 Å². The number of hydrogen-bond acceptors (Lipinski definition) is 2. The van der Waals surface area contributed by atoms with Gasteiger partial charge >= 0.3 is 0 Å². The van der Waals surface area contributed by atoms with Crippen molar-refractivity contribution in [3.8, 4) is 5.75 Å². The van der Waals surface area contributed by atoms with Gasteiger partial charge < -0.3 is 9.84 Å². The van der Waals surface area contributed by atoms with Crippen LogP contribution in [0.5, 0.6) is 5.75 Å². The normalized spacial score (nSPS) is 17.3. The van der Waals surface area contributed by atoms with Crippen LogP contribution in [0, 0.1) is 0 Å². The second-order valence-electron chi connectivity index (χ2n) is 5.59. The fourth-order valence-electron chi connectivity index (χ4n) is 2.74. The fourth-order valence-corrected chi connectivity index (χ4v) is 2.74. The van der Waals surface area contributed by atoms with Crippen molar-refractivity contribution in [2.75, 3.05) is 6.61 Å². The first-order valence-corrected chi connectivity index (χ1v) is 7.72. The molecule has 0 radical (unpaired) electrons. The number of aliphatic hydroxyl groups excluding tert-OH is 1. The van der Waals surface area contributed by atoms with Gasteiger partial charge in [-0.1, -0.05) is 51.2 Å². The third-order valence-electron chi connectivity index (χ3n) is 3.89. The van der Waals surface area contributed by atoms with Gasteiger partial charge in [0, 0.05) is 6.42 Å². The number of aryl methyl sites for hydroxylation is 1. The summed E-state index contributed by atoms with van der Waals surface area (Å²) in [5.74, 6) is 0.964. The Morgan fingerprint density at radius 1 is 1.16 bits per heavy atom. The van der Waals surface area contributed by atoms with Crippen LogP contribution in [-0.4, -0.2) is 17.8 Å². The molecule has 1 aliphatic heterocycles. The van der Waals surface area contributed by atoms with Gasteiger partial charge in [0.2, 0.25) is 0 Å². The summed E-state index contributed by atoms with van der Waals surface area (Å²) in [6, 6.07) is 6.50. The highest BCUT2D eigenvalue weighted by atomic mass is 16.5. The molecule has 0 fully saturated rings. The maximum atomic E-state index is 9.13. The maximum Gasteiger partial charge on any atom is 0.126 e. The quantitative estimate of drug-likeness (QED) is 0.720. The van der Waals surface area contributed by atoms with Gasteiger partial charge in [-0.25, -0.2) is 0 Å². The van der Waals surface area contributed by atoms with E-state index in [0.29, 0.717) is 0 Å². The molecule has 0 bridgehead atoms. The lowest BCUT2D eigenvalue weighted by Crippen LogP contribution is -2.17. The Morgan fingerprint density at radius 3 is 2.74 bits per heavy atom. The van der Waals surface area contributed by atoms with Crippen LogP contribution in [0.3, 0.4) is 0 Å². The van der Waals surface area contributed by atoms with Crippen molar-refractivity contribution >= 4 is 0 Å². The molecular weight excluding hydrogens is 236 g/mol. The molecule has 1 unspecified atom stereocenters. The van der Waals surface area contributed by atoms with Crippen LogP contribution >= 0.6 is 0 Å². The Morgan fingerprint density at radius 2 is 1.95 bits per heavy atom. The van der Waals surface area contributed by atoms with Gasteiger partial charge in [-0.15, -0.1) is 0 Å². The molecule has 0 aliphatic carbocycles. The zero-order valence-corrected chi connectivity index (χ0v) is 12.0. The van der Waals surface area contributed by atoms with Crippen molar-refractivity contribution in [2.45, 2.75) is 64.4 Å². The molecule has 2 nitrogen and oxygen atoms in total. The standard InChI is InChI=1S/C17H26O2/c1-2-3-4-5-6-7-8-14-9-10-17-15(11-14)12-16(13-18)19-17/h9-11,16,18H,2-8,12-13H2,1H3. The number of rotatable bonds is 8. The van der Waals surface area contributed by atoms with Gasteiger partial charge in [0.15, 0.2) is 0 Å². The summed E-state index contributed by atoms with van der Waals surface area (Å²) >= 11 is 0. The molecule has 0 saturated carbocycles. The molecule has 1 N–H and O–H groups in total. The van der Waals surface area contributed by atoms with Gasteiger partial charge in [-0.3, -0.25) is 0 Å². The third kappa shape index (κ3) is 4.24. The molecule has 2 heteroatoms. The molecule has 0 aromatic heterocycles. The second-order valence-corrected chi connectivity index (χ2v) is 5.59. The van der Waals surface area contributed by atoms with E-state index in [1.165, 1.54) is 56.1 Å². The van der Waals surface area contributed by atoms with Crippen LogP contribution in [0.25, 0.3) is 0 Å². The van der Waals surface area contributed by atoms with E-state index in [-0.39, 0.29) is 12.7 Å². The Hall–Kier alpha value is -1.02. The average molecular weight is 262 g/mol. The van der Waals surface area contributed by atoms with E-state index in [9.17, 15) is 0 Å². The molecule has 1 atom stereocenters. The topological polar surface area (TPSA) is 29.5 Å². The zero-order valence-electron chi connectivity index (χ0n) is 12.0. The van der Waals surface area contributed by atoms with Gasteiger partial charge in [0.1, 0.15) is 11.9 Å². The van der Waals surface area contributed by atoms with Crippen LogP contribution in [0.2, 0.25) is 0 Å². The number of hydrogen-bond donors (Lipinski definition) is 1. The van der Waals surface area contributed by atoms with E-state index >= 15 is 0 Å². The predicted molar refractivity (Wildman–Crippen MR) is 78.7 cm³/mol. The zero-order chi connectivity index (χ0) is 13.5. The predicted octanol–water partition coefficient (Wildman–Crippen LogP) is 3.89. The lowest BCUT2D eigenvalue weighted by atomic mass is 10.0. The molecule has 0 amide bonds. The summed E-state index contributed by atoms with van der Waals surface area (Å²) in [5.41, 5.74) is 2.68. The molecule has 19 heavy (non-hydrogen) atoms. The van der Waals surface area contributed by atoms with Crippen molar-refractivity contribution in [1.82, 2.24) is 0 Å². The first kappa shape index (κ1) is 14.4. The summed E-state index contributed by atoms with van der Waals surface area (Å²) in [6.45, 7) is 2.37. The van der Waals surface area contributed by atoms with Crippen LogP contribution in [0.15, 0.2) is 18.2 Å². The summed E-state index contributed by atoms with van der Waals surface area (Å²) in [5, 5.41) is 9.13. The monoisotopic (exact) mass is 262 g/mol. The van der Waals surface area contributed by atoms with Crippen molar-refractivity contribution in [2.24, 2.45) is 0 Å². The molecule has 1 aliphatic rings. The van der Waals surface area contributed by atoms with E-state index in [2.05, 4.69) is 25.1 Å². The molecule has 2 rings (SSSR count). The number of ether oxygens (including phenoxy) is 1. The summed E-state index contributed by atoms with van der Waals surface area (Å²) in [7, 11) is 0. The summed E-state index contributed by atoms with van der Waals surface area (Å²) in [6.07, 6.45) is 10.1. The smallest absolute Gasteiger partial charge is 0.126 e. The van der Waals surface area contributed by atoms with Crippen molar-refractivity contribution in [3.63, 3.8) is 0 Å². The number of unbranched alkanes of at least 4 members (excludes halogenated alkanes) is 5. The van der Waals surface area contributed by atoms with E-state index < -0.39 is 0 Å². The first-order valence-electron chi connectivity index (χ1n) is 7.72. The first-order chi connectivity index (χ1) is 9.33. The van der Waals surface area contributed by atoms with Gasteiger partial charge in [-0.2, -0.15) is 0 Å². The minimum Gasteiger partial charge on any atom is -0.487 e. The molecule has 106 valence electrons. The maximum absolute atomic E-state index is 9.13. The van der Waals surface area contributed by atoms with Crippen molar-refractivity contribution < 1.29 is 9.84 Å². The Bertz CT molecular complexity index is 387. The highest BCUT2D eigenvalue weighted by molar-refractivity contribution is 5.40. The Kier molecular flexibility index (Phi) is 5.71. The summed E-state index contributed by atoms with van der Waals surface area (Å²) < 4.78 is 5.63. The minimum absolute atomic E-state index is 0.0284. The van der Waals surface area contributed by atoms with E-state index in [4.69, 9.17) is 9.84 Å². The number of aliphatic hydroxyl groups is 1. The number of benzene rings is 1. The van der Waals surface area contributed by atoms with Crippen LogP contribution in [0.1, 0.15) is 56.6 Å². The third-order valence-corrected chi connectivity index (χ3v) is 3.89. The Balaban J connectivity index is 1.74. The highest BCUT2D eigenvalue weighted by Crippen LogP contribution is 2.29. The lowest BCUT2D eigenvalue weighted by Gasteiger charge is -2.05. The Labute approximate surface area is 116 Å². The van der Waals surface area contributed by atoms with E-state index in [1.54, 1.807) is 0 Å². The largest absolute Gasteiger partial charge is 0.487 e. The highest BCUT2D eigenvalue weighted by Gasteiger charge is 2.21. The fraction of sp³-hybridized carbons (Fsp3) is 0.647. The average Bonchev–Trinajstić information content (AvgIpc) is 2.85. The van der Waals surface area contributed by atoms with Gasteiger partial charge in [-0.05, 0) is 30.0 Å². The molecule has 0 saturated heterocycles. The van der Waals surface area contributed by atoms with Crippen LogP contribution in [-0.2, 0) is 12.8 Å². The summed E-state index contributed by atoms with van der Waals surface area (Å²) in [4.78, 5) is 0. The molecular formula is C17H26O2. The van der Waals surface area contributed by atoms with Crippen molar-refractivity contribution in [1.29, 1.82) is 0 Å². The SMILES string of the molecule is CCCCCCCCc1ccc2c(c1)CC(CO)O2. The minimum atomic E-state index is -0.0284. The van der Waals surface area contributed by atoms with Crippen LogP contribution in [0.4, 0.5) is 0 Å². The lowest BCUT2D eigenvalue weighted by molar-refractivity contribution is 0.134. The van der Waals surface area contributed by atoms with Gasteiger partial charge in [0.25, 0.3) is 0 Å². The van der Waals surface area contributed by atoms with E-state index in [1.807, 2.05) is 0 Å². The number of fused-ring (bicyclic) bond motifs is 1. The molecule has 1 aromatic carbocycles. The van der Waals surface area contributed by atoms with Gasteiger partial charge in [0.05, 0.1) is 6.61 Å².